The van der Waals surface area contributed by atoms with Crippen LogP contribution in [-0.2, 0) is 17.8 Å². The summed E-state index contributed by atoms with van der Waals surface area (Å²) in [7, 11) is 0. The number of aromatic nitrogens is 4. The zero-order valence-electron chi connectivity index (χ0n) is 22.0. The van der Waals surface area contributed by atoms with Crippen LogP contribution < -0.4 is 15.4 Å². The van der Waals surface area contributed by atoms with Gasteiger partial charge in [-0.05, 0) is 42.7 Å². The summed E-state index contributed by atoms with van der Waals surface area (Å²) >= 11 is 0. The van der Waals surface area contributed by atoms with Crippen LogP contribution >= 0.6 is 0 Å². The first-order chi connectivity index (χ1) is 18.8. The lowest BCUT2D eigenvalue weighted by molar-refractivity contribution is -0.123. The number of pyridine rings is 1. The first-order valence-corrected chi connectivity index (χ1v) is 12.9. The molecule has 1 aliphatic rings. The van der Waals surface area contributed by atoms with Crippen LogP contribution in [0.4, 0.5) is 4.39 Å². The van der Waals surface area contributed by atoms with Crippen molar-refractivity contribution in [1.29, 1.82) is 0 Å². The molecule has 0 saturated carbocycles. The highest BCUT2D eigenvalue weighted by Crippen LogP contribution is 2.21. The largest absolute Gasteiger partial charge is 0.491 e. The van der Waals surface area contributed by atoms with Crippen LogP contribution in [0.1, 0.15) is 46.7 Å². The SMILES string of the molecule is CC(C)C[C@H]1NC(=O)c2cc(F)ccc2OCCn2cc(nn2)CCN(C(=O)c2ccncc2)CCNC1=O. The number of rotatable bonds is 3. The van der Waals surface area contributed by atoms with Crippen LogP contribution in [0.15, 0.2) is 48.9 Å². The van der Waals surface area contributed by atoms with Crippen molar-refractivity contribution < 1.29 is 23.5 Å². The van der Waals surface area contributed by atoms with E-state index in [1.165, 1.54) is 12.1 Å². The Labute approximate surface area is 225 Å². The average molecular weight is 538 g/mol. The molecule has 0 unspecified atom stereocenters. The number of benzene rings is 1. The van der Waals surface area contributed by atoms with Crippen molar-refractivity contribution in [3.63, 3.8) is 0 Å². The number of carbonyl (C=O) groups excluding carboxylic acids is 3. The van der Waals surface area contributed by atoms with E-state index in [2.05, 4.69) is 25.9 Å². The first-order valence-electron chi connectivity index (χ1n) is 12.9. The van der Waals surface area contributed by atoms with Gasteiger partial charge in [0, 0.05) is 50.2 Å². The fourth-order valence-corrected chi connectivity index (χ4v) is 4.23. The smallest absolute Gasteiger partial charge is 0.255 e. The van der Waals surface area contributed by atoms with Crippen molar-refractivity contribution >= 4 is 17.7 Å². The number of nitrogens with zero attached hydrogens (tertiary/aromatic N) is 5. The maximum atomic E-state index is 14.1. The minimum absolute atomic E-state index is 0.00826. The maximum Gasteiger partial charge on any atom is 0.255 e. The third-order valence-electron chi connectivity index (χ3n) is 6.21. The monoisotopic (exact) mass is 537 g/mol. The maximum absolute atomic E-state index is 14.1. The van der Waals surface area contributed by atoms with Crippen molar-refractivity contribution in [3.05, 3.63) is 71.6 Å². The van der Waals surface area contributed by atoms with E-state index >= 15 is 0 Å². The minimum Gasteiger partial charge on any atom is -0.491 e. The molecule has 2 bridgehead atoms. The molecule has 2 N–H and O–H groups in total. The highest BCUT2D eigenvalue weighted by Gasteiger charge is 2.25. The number of fused-ring (bicyclic) bond motifs is 3. The lowest BCUT2D eigenvalue weighted by atomic mass is 10.0. The van der Waals surface area contributed by atoms with Gasteiger partial charge in [0.05, 0.1) is 17.8 Å². The predicted molar refractivity (Wildman–Crippen MR) is 139 cm³/mol. The number of hydrogen-bond acceptors (Lipinski definition) is 7. The molecule has 0 saturated heterocycles. The summed E-state index contributed by atoms with van der Waals surface area (Å²) in [4.78, 5) is 45.1. The first kappa shape index (κ1) is 27.7. The topological polar surface area (TPSA) is 131 Å². The van der Waals surface area contributed by atoms with E-state index in [1.54, 1.807) is 40.3 Å². The van der Waals surface area contributed by atoms with Gasteiger partial charge in [-0.3, -0.25) is 19.4 Å². The van der Waals surface area contributed by atoms with Gasteiger partial charge < -0.3 is 20.3 Å². The van der Waals surface area contributed by atoms with Gasteiger partial charge in [0.15, 0.2) is 0 Å². The molecule has 0 radical (unpaired) electrons. The molecule has 1 atom stereocenters. The number of nitrogens with one attached hydrogen (secondary N) is 2. The Morgan fingerprint density at radius 1 is 1.15 bits per heavy atom. The predicted octanol–water partition coefficient (Wildman–Crippen LogP) is 1.85. The van der Waals surface area contributed by atoms with Crippen LogP contribution in [0.5, 0.6) is 5.75 Å². The molecule has 4 rings (SSSR count). The zero-order valence-corrected chi connectivity index (χ0v) is 22.0. The summed E-state index contributed by atoms with van der Waals surface area (Å²) < 4.78 is 21.5. The van der Waals surface area contributed by atoms with Gasteiger partial charge in [-0.2, -0.15) is 0 Å². The van der Waals surface area contributed by atoms with Crippen LogP contribution in [0.25, 0.3) is 0 Å². The third-order valence-corrected chi connectivity index (χ3v) is 6.21. The van der Waals surface area contributed by atoms with E-state index in [-0.39, 0.29) is 42.8 Å². The van der Waals surface area contributed by atoms with Crippen molar-refractivity contribution in [2.45, 2.75) is 39.3 Å². The van der Waals surface area contributed by atoms with Gasteiger partial charge in [0.2, 0.25) is 5.91 Å². The van der Waals surface area contributed by atoms with E-state index in [0.29, 0.717) is 37.2 Å². The molecular weight excluding hydrogens is 505 g/mol. The van der Waals surface area contributed by atoms with E-state index < -0.39 is 23.7 Å². The molecule has 1 aliphatic heterocycles. The van der Waals surface area contributed by atoms with E-state index in [1.807, 2.05) is 13.8 Å². The summed E-state index contributed by atoms with van der Waals surface area (Å²) in [5.74, 6) is -1.52. The van der Waals surface area contributed by atoms with Crippen molar-refractivity contribution in [2.24, 2.45) is 5.92 Å². The molecule has 39 heavy (non-hydrogen) atoms. The molecule has 0 aliphatic carbocycles. The van der Waals surface area contributed by atoms with Crippen molar-refractivity contribution in [2.75, 3.05) is 26.2 Å². The van der Waals surface area contributed by atoms with Crippen LogP contribution in [0, 0.1) is 11.7 Å². The van der Waals surface area contributed by atoms with Gasteiger partial charge in [0.25, 0.3) is 11.8 Å². The lowest BCUT2D eigenvalue weighted by Crippen LogP contribution is -2.49. The molecule has 206 valence electrons. The fourth-order valence-electron chi connectivity index (χ4n) is 4.23. The Hall–Kier alpha value is -4.35. The molecule has 2 aromatic heterocycles. The van der Waals surface area contributed by atoms with E-state index in [0.717, 1.165) is 6.07 Å². The second-order valence-electron chi connectivity index (χ2n) is 9.69. The number of ether oxygens (including phenoxy) is 1. The van der Waals surface area contributed by atoms with E-state index in [9.17, 15) is 18.8 Å². The van der Waals surface area contributed by atoms with Gasteiger partial charge in [-0.25, -0.2) is 9.07 Å². The molecule has 3 heterocycles. The second-order valence-corrected chi connectivity index (χ2v) is 9.69. The standard InChI is InChI=1S/C27H32FN7O4/c1-18(2)15-23-26(37)30-10-12-34(27(38)19-5-8-29-9-6-19)11-7-21-17-35(33-32-21)13-14-39-24-4-3-20(28)16-22(24)25(36)31-23/h3-6,8-9,16-18,23H,7,10-15H2,1-2H3,(H,30,37)(H,31,36)/t23-/m1/s1. The molecule has 3 aromatic rings. The summed E-state index contributed by atoms with van der Waals surface area (Å²) in [5.41, 5.74) is 1.16. The fraction of sp³-hybridized carbons (Fsp3) is 0.407. The third kappa shape index (κ3) is 7.59. The molecule has 3 amide bonds. The number of amides is 3. The molecule has 12 heteroatoms. The summed E-state index contributed by atoms with van der Waals surface area (Å²) in [6.45, 7) is 5.13. The van der Waals surface area contributed by atoms with Crippen LogP contribution in [-0.4, -0.2) is 74.9 Å². The molecule has 0 fully saturated rings. The lowest BCUT2D eigenvalue weighted by Gasteiger charge is -2.24. The van der Waals surface area contributed by atoms with Crippen LogP contribution in [0.2, 0.25) is 0 Å². The molecule has 11 nitrogen and oxygen atoms in total. The van der Waals surface area contributed by atoms with Gasteiger partial charge in [0.1, 0.15) is 24.2 Å². The Kier molecular flexibility index (Phi) is 9.18. The highest BCUT2D eigenvalue weighted by molar-refractivity contribution is 5.99. The number of carbonyl (C=O) groups is 3. The quantitative estimate of drug-likeness (QED) is 0.521. The second kappa shape index (κ2) is 12.9. The number of hydrogen-bond donors (Lipinski definition) is 2. The summed E-state index contributed by atoms with van der Waals surface area (Å²) in [5, 5.41) is 13.9. The van der Waals surface area contributed by atoms with E-state index in [4.69, 9.17) is 4.74 Å². The number of halogens is 1. The Bertz CT molecular complexity index is 1300. The Balaban J connectivity index is 1.59. The van der Waals surface area contributed by atoms with Gasteiger partial charge >= 0.3 is 0 Å². The highest BCUT2D eigenvalue weighted by atomic mass is 19.1. The molecular formula is C27H32FN7O4. The zero-order chi connectivity index (χ0) is 27.8. The normalized spacial score (nSPS) is 17.3. The Morgan fingerprint density at radius 3 is 2.72 bits per heavy atom. The Morgan fingerprint density at radius 2 is 1.95 bits per heavy atom. The van der Waals surface area contributed by atoms with Gasteiger partial charge in [-0.15, -0.1) is 5.10 Å². The molecule has 1 aromatic carbocycles. The summed E-state index contributed by atoms with van der Waals surface area (Å²) in [6.07, 6.45) is 5.69. The van der Waals surface area contributed by atoms with Crippen LogP contribution in [0.3, 0.4) is 0 Å². The minimum atomic E-state index is -0.860. The van der Waals surface area contributed by atoms with Gasteiger partial charge in [-0.1, -0.05) is 19.1 Å². The van der Waals surface area contributed by atoms with Crippen molar-refractivity contribution in [3.8, 4) is 5.75 Å². The molecule has 0 spiro atoms. The summed E-state index contributed by atoms with van der Waals surface area (Å²) in [6, 6.07) is 6.10. The van der Waals surface area contributed by atoms with Crippen molar-refractivity contribution in [1.82, 2.24) is 35.5 Å². The average Bonchev–Trinajstić information content (AvgIpc) is 3.37.